The summed E-state index contributed by atoms with van der Waals surface area (Å²) in [6, 6.07) is 1.89. The number of methoxy groups -OCH3 is 1. The predicted molar refractivity (Wildman–Crippen MR) is 66.9 cm³/mol. The Morgan fingerprint density at radius 2 is 2.56 bits per heavy atom. The Kier molecular flexibility index (Phi) is 3.98. The van der Waals surface area contributed by atoms with Gasteiger partial charge in [0.15, 0.2) is 0 Å². The molecule has 2 heterocycles. The van der Waals surface area contributed by atoms with Crippen molar-refractivity contribution in [2.24, 2.45) is 7.05 Å². The van der Waals surface area contributed by atoms with Gasteiger partial charge in [-0.1, -0.05) is 0 Å². The minimum atomic E-state index is -0.562. The zero-order valence-corrected chi connectivity index (χ0v) is 10.9. The van der Waals surface area contributed by atoms with Gasteiger partial charge >= 0.3 is 0 Å². The van der Waals surface area contributed by atoms with Gasteiger partial charge in [0, 0.05) is 20.4 Å². The monoisotopic (exact) mass is 252 g/mol. The van der Waals surface area contributed by atoms with Gasteiger partial charge < -0.3 is 15.4 Å². The quantitative estimate of drug-likeness (QED) is 0.762. The van der Waals surface area contributed by atoms with Crippen molar-refractivity contribution < 1.29 is 9.53 Å². The molecule has 0 bridgehead atoms. The van der Waals surface area contributed by atoms with Crippen LogP contribution in [0.15, 0.2) is 12.3 Å². The number of ether oxygens (including phenoxy) is 1. The van der Waals surface area contributed by atoms with Crippen molar-refractivity contribution in [3.8, 4) is 0 Å². The maximum Gasteiger partial charge on any atom is 0.243 e. The summed E-state index contributed by atoms with van der Waals surface area (Å²) < 4.78 is 6.93. The summed E-state index contributed by atoms with van der Waals surface area (Å²) in [7, 11) is 3.48. The third-order valence-corrected chi connectivity index (χ3v) is 3.42. The fraction of sp³-hybridized carbons (Fsp3) is 0.667. The van der Waals surface area contributed by atoms with Crippen LogP contribution < -0.4 is 10.6 Å². The first-order chi connectivity index (χ1) is 8.68. The minimum Gasteiger partial charge on any atom is -0.382 e. The van der Waals surface area contributed by atoms with Crippen LogP contribution in [0.1, 0.15) is 18.5 Å². The molecule has 0 saturated carbocycles. The highest BCUT2D eigenvalue weighted by molar-refractivity contribution is 5.86. The number of amides is 1. The summed E-state index contributed by atoms with van der Waals surface area (Å²) in [5, 5.41) is 10.3. The van der Waals surface area contributed by atoms with Crippen LogP contribution in [0.5, 0.6) is 0 Å². The number of aryl methyl sites for hydroxylation is 1. The molecule has 0 aromatic carbocycles. The Balaban J connectivity index is 1.96. The number of hydrogen-bond donors (Lipinski definition) is 2. The molecule has 1 aliphatic rings. The van der Waals surface area contributed by atoms with E-state index < -0.39 is 5.54 Å². The topological polar surface area (TPSA) is 68.2 Å². The van der Waals surface area contributed by atoms with E-state index in [2.05, 4.69) is 15.7 Å². The predicted octanol–water partition coefficient (Wildman–Crippen LogP) is -0.195. The van der Waals surface area contributed by atoms with E-state index in [1.807, 2.05) is 13.1 Å². The van der Waals surface area contributed by atoms with Crippen molar-refractivity contribution >= 4 is 5.91 Å². The molecule has 1 atom stereocenters. The maximum absolute atomic E-state index is 12.3. The zero-order valence-electron chi connectivity index (χ0n) is 10.9. The highest BCUT2D eigenvalue weighted by Gasteiger charge is 2.40. The van der Waals surface area contributed by atoms with E-state index in [-0.39, 0.29) is 5.91 Å². The van der Waals surface area contributed by atoms with E-state index in [1.165, 1.54) is 0 Å². The molecule has 1 fully saturated rings. The van der Waals surface area contributed by atoms with Gasteiger partial charge in [-0.05, 0) is 25.5 Å². The SMILES string of the molecule is COCC1(C(=O)NCc2ccnn2C)CCCN1. The second kappa shape index (κ2) is 5.49. The molecule has 6 nitrogen and oxygen atoms in total. The lowest BCUT2D eigenvalue weighted by Crippen LogP contribution is -2.56. The van der Waals surface area contributed by atoms with Gasteiger partial charge in [-0.3, -0.25) is 9.48 Å². The first-order valence-corrected chi connectivity index (χ1v) is 6.17. The lowest BCUT2D eigenvalue weighted by atomic mass is 9.97. The zero-order chi connectivity index (χ0) is 13.0. The largest absolute Gasteiger partial charge is 0.382 e. The van der Waals surface area contributed by atoms with Gasteiger partial charge in [0.1, 0.15) is 5.54 Å². The van der Waals surface area contributed by atoms with Gasteiger partial charge in [0.2, 0.25) is 5.91 Å². The van der Waals surface area contributed by atoms with Crippen LogP contribution in [0.4, 0.5) is 0 Å². The van der Waals surface area contributed by atoms with Crippen LogP contribution >= 0.6 is 0 Å². The first-order valence-electron chi connectivity index (χ1n) is 6.17. The molecule has 1 aliphatic heterocycles. The van der Waals surface area contributed by atoms with Crippen LogP contribution in [0.25, 0.3) is 0 Å². The summed E-state index contributed by atoms with van der Waals surface area (Å²) in [6.07, 6.45) is 3.54. The molecular weight excluding hydrogens is 232 g/mol. The Labute approximate surface area is 107 Å². The lowest BCUT2D eigenvalue weighted by molar-refractivity contribution is -0.129. The number of carbonyl (C=O) groups is 1. The third-order valence-electron chi connectivity index (χ3n) is 3.42. The van der Waals surface area contributed by atoms with E-state index in [9.17, 15) is 4.79 Å². The molecule has 1 unspecified atom stereocenters. The van der Waals surface area contributed by atoms with Crippen molar-refractivity contribution in [3.63, 3.8) is 0 Å². The second-order valence-electron chi connectivity index (χ2n) is 4.67. The average Bonchev–Trinajstić information content (AvgIpc) is 2.97. The molecule has 0 spiro atoms. The number of carbonyl (C=O) groups excluding carboxylic acids is 1. The summed E-state index contributed by atoms with van der Waals surface area (Å²) in [4.78, 5) is 12.3. The lowest BCUT2D eigenvalue weighted by Gasteiger charge is -2.27. The Morgan fingerprint density at radius 3 is 3.11 bits per heavy atom. The van der Waals surface area contributed by atoms with Crippen molar-refractivity contribution in [2.45, 2.75) is 24.9 Å². The standard InChI is InChI=1S/C12H20N4O2/c1-16-10(4-7-15-16)8-13-11(17)12(9-18-2)5-3-6-14-12/h4,7,14H,3,5-6,8-9H2,1-2H3,(H,13,17). The summed E-state index contributed by atoms with van der Waals surface area (Å²) in [5.74, 6) is 0.00282. The van der Waals surface area contributed by atoms with E-state index in [1.54, 1.807) is 18.0 Å². The Morgan fingerprint density at radius 1 is 1.72 bits per heavy atom. The minimum absolute atomic E-state index is 0.00282. The smallest absolute Gasteiger partial charge is 0.243 e. The van der Waals surface area contributed by atoms with Crippen molar-refractivity contribution in [1.29, 1.82) is 0 Å². The van der Waals surface area contributed by atoms with Gasteiger partial charge in [-0.2, -0.15) is 5.10 Å². The summed E-state index contributed by atoms with van der Waals surface area (Å²) in [6.45, 7) is 1.76. The highest BCUT2D eigenvalue weighted by atomic mass is 16.5. The molecule has 1 saturated heterocycles. The molecule has 0 radical (unpaired) electrons. The molecular formula is C12H20N4O2. The average molecular weight is 252 g/mol. The van der Waals surface area contributed by atoms with Crippen LogP contribution in [0.2, 0.25) is 0 Å². The van der Waals surface area contributed by atoms with Crippen LogP contribution in [-0.4, -0.2) is 41.5 Å². The number of nitrogens with zero attached hydrogens (tertiary/aromatic N) is 2. The third kappa shape index (κ3) is 2.54. The van der Waals surface area contributed by atoms with Crippen LogP contribution in [0.3, 0.4) is 0 Å². The summed E-state index contributed by atoms with van der Waals surface area (Å²) in [5.41, 5.74) is 0.418. The number of aromatic nitrogens is 2. The van der Waals surface area contributed by atoms with E-state index in [4.69, 9.17) is 4.74 Å². The number of nitrogens with one attached hydrogen (secondary N) is 2. The Hall–Kier alpha value is -1.40. The van der Waals surface area contributed by atoms with Crippen LogP contribution in [0, 0.1) is 0 Å². The van der Waals surface area contributed by atoms with Crippen molar-refractivity contribution in [1.82, 2.24) is 20.4 Å². The van der Waals surface area contributed by atoms with Gasteiger partial charge in [-0.15, -0.1) is 0 Å². The fourth-order valence-electron chi connectivity index (χ4n) is 2.35. The van der Waals surface area contributed by atoms with Gasteiger partial charge in [0.05, 0.1) is 18.8 Å². The molecule has 1 amide bonds. The molecule has 18 heavy (non-hydrogen) atoms. The first kappa shape index (κ1) is 13.0. The van der Waals surface area contributed by atoms with Crippen LogP contribution in [-0.2, 0) is 23.1 Å². The fourth-order valence-corrected chi connectivity index (χ4v) is 2.35. The molecule has 0 aliphatic carbocycles. The normalized spacial score (nSPS) is 23.2. The molecule has 1 aromatic rings. The molecule has 2 N–H and O–H groups in total. The van der Waals surface area contributed by atoms with Crippen molar-refractivity contribution in [2.75, 3.05) is 20.3 Å². The number of hydrogen-bond acceptors (Lipinski definition) is 4. The van der Waals surface area contributed by atoms with Gasteiger partial charge in [0.25, 0.3) is 0 Å². The van der Waals surface area contributed by atoms with E-state index >= 15 is 0 Å². The Bertz CT molecular complexity index is 410. The van der Waals surface area contributed by atoms with Gasteiger partial charge in [-0.25, -0.2) is 0 Å². The van der Waals surface area contributed by atoms with E-state index in [0.29, 0.717) is 13.2 Å². The molecule has 100 valence electrons. The van der Waals surface area contributed by atoms with E-state index in [0.717, 1.165) is 25.1 Å². The maximum atomic E-state index is 12.3. The highest BCUT2D eigenvalue weighted by Crippen LogP contribution is 2.20. The molecule has 1 aromatic heterocycles. The molecule has 6 heteroatoms. The summed E-state index contributed by atoms with van der Waals surface area (Å²) >= 11 is 0. The molecule has 2 rings (SSSR count). The number of rotatable bonds is 5. The van der Waals surface area contributed by atoms with Crippen molar-refractivity contribution in [3.05, 3.63) is 18.0 Å². The second-order valence-corrected chi connectivity index (χ2v) is 4.67.